The molecule has 0 radical (unpaired) electrons. The summed E-state index contributed by atoms with van der Waals surface area (Å²) < 4.78 is 16.7. The molecule has 0 fully saturated rings. The average molecular weight is 396 g/mol. The maximum Gasteiger partial charge on any atom is 0.407 e. The highest BCUT2D eigenvalue weighted by molar-refractivity contribution is 5.67. The van der Waals surface area contributed by atoms with Gasteiger partial charge in [-0.3, -0.25) is 0 Å². The van der Waals surface area contributed by atoms with Gasteiger partial charge in [-0.1, -0.05) is 36.4 Å². The summed E-state index contributed by atoms with van der Waals surface area (Å²) in [6.45, 7) is 6.80. The molecule has 0 atom stereocenters. The number of unbranched alkanes of at least 4 members (excludes halogenated alkanes) is 1. The zero-order chi connectivity index (χ0) is 21.1. The molecule has 0 heterocycles. The van der Waals surface area contributed by atoms with E-state index in [2.05, 4.69) is 11.4 Å². The van der Waals surface area contributed by atoms with Crippen molar-refractivity contribution >= 4 is 6.09 Å². The van der Waals surface area contributed by atoms with Crippen molar-refractivity contribution in [2.45, 2.75) is 45.8 Å². The fourth-order valence-corrected chi connectivity index (χ4v) is 2.51. The van der Waals surface area contributed by atoms with Crippen LogP contribution in [-0.4, -0.2) is 24.8 Å². The fourth-order valence-electron chi connectivity index (χ4n) is 2.51. The number of carbonyl (C=O) groups is 1. The van der Waals surface area contributed by atoms with Crippen LogP contribution in [0, 0.1) is 11.3 Å². The van der Waals surface area contributed by atoms with E-state index in [1.165, 1.54) is 0 Å². The van der Waals surface area contributed by atoms with Crippen molar-refractivity contribution in [3.63, 3.8) is 0 Å². The SMILES string of the molecule is CC(C)(C)OC(=O)NCCCCOc1cccc(OCc2ccccc2)c1C#N. The van der Waals surface area contributed by atoms with Gasteiger partial charge in [-0.05, 0) is 51.3 Å². The molecule has 0 spiro atoms. The van der Waals surface area contributed by atoms with E-state index < -0.39 is 11.7 Å². The Morgan fingerprint density at radius 1 is 1.00 bits per heavy atom. The first-order valence-electron chi connectivity index (χ1n) is 9.68. The molecule has 0 aliphatic rings. The van der Waals surface area contributed by atoms with Gasteiger partial charge in [0.05, 0.1) is 6.61 Å². The van der Waals surface area contributed by atoms with E-state index in [0.29, 0.717) is 36.8 Å². The quantitative estimate of drug-likeness (QED) is 0.615. The van der Waals surface area contributed by atoms with Crippen LogP contribution in [0.25, 0.3) is 0 Å². The van der Waals surface area contributed by atoms with Crippen LogP contribution in [-0.2, 0) is 11.3 Å². The minimum atomic E-state index is -0.505. The van der Waals surface area contributed by atoms with Gasteiger partial charge in [0.2, 0.25) is 0 Å². The Hall–Kier alpha value is -3.20. The van der Waals surface area contributed by atoms with Crippen molar-refractivity contribution in [1.82, 2.24) is 5.32 Å². The minimum absolute atomic E-state index is 0.384. The maximum absolute atomic E-state index is 11.6. The molecule has 0 aromatic heterocycles. The lowest BCUT2D eigenvalue weighted by Crippen LogP contribution is -2.33. The zero-order valence-corrected chi connectivity index (χ0v) is 17.2. The Labute approximate surface area is 172 Å². The summed E-state index contributed by atoms with van der Waals surface area (Å²) in [4.78, 5) is 11.6. The van der Waals surface area contributed by atoms with Crippen LogP contribution in [0.5, 0.6) is 11.5 Å². The van der Waals surface area contributed by atoms with E-state index in [9.17, 15) is 10.1 Å². The number of nitriles is 1. The molecule has 0 unspecified atom stereocenters. The molecule has 29 heavy (non-hydrogen) atoms. The van der Waals surface area contributed by atoms with Crippen molar-refractivity contribution < 1.29 is 19.0 Å². The molecule has 0 saturated carbocycles. The Kier molecular flexibility index (Phi) is 8.35. The molecule has 1 N–H and O–H groups in total. The van der Waals surface area contributed by atoms with Crippen molar-refractivity contribution in [3.05, 3.63) is 59.7 Å². The van der Waals surface area contributed by atoms with E-state index in [4.69, 9.17) is 14.2 Å². The van der Waals surface area contributed by atoms with Gasteiger partial charge in [0.15, 0.2) is 0 Å². The molecule has 6 nitrogen and oxygen atoms in total. The first kappa shape index (κ1) is 22.1. The Balaban J connectivity index is 1.77. The van der Waals surface area contributed by atoms with Gasteiger partial charge in [-0.15, -0.1) is 0 Å². The Morgan fingerprint density at radius 3 is 2.34 bits per heavy atom. The molecule has 154 valence electrons. The van der Waals surface area contributed by atoms with E-state index in [1.54, 1.807) is 18.2 Å². The van der Waals surface area contributed by atoms with E-state index >= 15 is 0 Å². The predicted octanol–water partition coefficient (Wildman–Crippen LogP) is 4.82. The number of ether oxygens (including phenoxy) is 3. The lowest BCUT2D eigenvalue weighted by molar-refractivity contribution is 0.0526. The molecule has 0 aliphatic carbocycles. The topological polar surface area (TPSA) is 80.6 Å². The van der Waals surface area contributed by atoms with E-state index in [1.807, 2.05) is 51.1 Å². The summed E-state index contributed by atoms with van der Waals surface area (Å²) in [5.74, 6) is 0.999. The van der Waals surface area contributed by atoms with E-state index in [-0.39, 0.29) is 0 Å². The number of hydrogen-bond acceptors (Lipinski definition) is 5. The molecule has 2 aromatic rings. The molecular formula is C23H28N2O4. The average Bonchev–Trinajstić information content (AvgIpc) is 2.68. The second-order valence-electron chi connectivity index (χ2n) is 7.50. The number of hydrogen-bond donors (Lipinski definition) is 1. The number of rotatable bonds is 9. The number of alkyl carbamates (subject to hydrolysis) is 1. The first-order chi connectivity index (χ1) is 13.9. The highest BCUT2D eigenvalue weighted by atomic mass is 16.6. The number of nitrogens with zero attached hydrogens (tertiary/aromatic N) is 1. The largest absolute Gasteiger partial charge is 0.492 e. The number of nitrogens with one attached hydrogen (secondary N) is 1. The van der Waals surface area contributed by atoms with Crippen LogP contribution < -0.4 is 14.8 Å². The summed E-state index contributed by atoms with van der Waals surface area (Å²) in [7, 11) is 0. The Bertz CT molecular complexity index is 823. The van der Waals surface area contributed by atoms with Gasteiger partial charge in [0.25, 0.3) is 0 Å². The van der Waals surface area contributed by atoms with Crippen LogP contribution in [0.1, 0.15) is 44.7 Å². The third kappa shape index (κ3) is 8.14. The van der Waals surface area contributed by atoms with Crippen LogP contribution in [0.15, 0.2) is 48.5 Å². The molecule has 0 saturated heterocycles. The zero-order valence-electron chi connectivity index (χ0n) is 17.2. The highest BCUT2D eigenvalue weighted by Crippen LogP contribution is 2.28. The predicted molar refractivity (Wildman–Crippen MR) is 111 cm³/mol. The second kappa shape index (κ2) is 11.0. The second-order valence-corrected chi connectivity index (χ2v) is 7.50. The van der Waals surface area contributed by atoms with Crippen molar-refractivity contribution in [2.24, 2.45) is 0 Å². The third-order valence-electron chi connectivity index (χ3n) is 3.83. The fraction of sp³-hybridized carbons (Fsp3) is 0.391. The van der Waals surface area contributed by atoms with Crippen molar-refractivity contribution in [3.8, 4) is 17.6 Å². The number of carbonyl (C=O) groups excluding carboxylic acids is 1. The molecule has 6 heteroatoms. The van der Waals surface area contributed by atoms with Gasteiger partial charge < -0.3 is 19.5 Å². The minimum Gasteiger partial charge on any atom is -0.492 e. The van der Waals surface area contributed by atoms with Crippen LogP contribution >= 0.6 is 0 Å². The monoisotopic (exact) mass is 396 g/mol. The van der Waals surface area contributed by atoms with Gasteiger partial charge in [0, 0.05) is 6.54 Å². The molecule has 2 aromatic carbocycles. The van der Waals surface area contributed by atoms with Gasteiger partial charge in [-0.2, -0.15) is 5.26 Å². The summed E-state index contributed by atoms with van der Waals surface area (Å²) in [6.07, 6.45) is 1.05. The highest BCUT2D eigenvalue weighted by Gasteiger charge is 2.15. The number of amides is 1. The standard InChI is InChI=1S/C23H28N2O4/c1-23(2,3)29-22(26)25-14-7-8-15-27-20-12-9-13-21(19(20)16-24)28-17-18-10-5-4-6-11-18/h4-6,9-13H,7-8,14-15,17H2,1-3H3,(H,25,26). The van der Waals surface area contributed by atoms with Crippen molar-refractivity contribution in [1.29, 1.82) is 5.26 Å². The number of benzene rings is 2. The first-order valence-corrected chi connectivity index (χ1v) is 9.68. The maximum atomic E-state index is 11.6. The van der Waals surface area contributed by atoms with Crippen LogP contribution in [0.4, 0.5) is 4.79 Å². The third-order valence-corrected chi connectivity index (χ3v) is 3.83. The summed E-state index contributed by atoms with van der Waals surface area (Å²) in [5, 5.41) is 12.2. The molecular weight excluding hydrogens is 368 g/mol. The molecule has 0 aliphatic heterocycles. The molecule has 2 rings (SSSR count). The van der Waals surface area contributed by atoms with Crippen LogP contribution in [0.2, 0.25) is 0 Å². The Morgan fingerprint density at radius 2 is 1.69 bits per heavy atom. The molecule has 0 bridgehead atoms. The van der Waals surface area contributed by atoms with Gasteiger partial charge in [0.1, 0.15) is 35.3 Å². The summed E-state index contributed by atoms with van der Waals surface area (Å²) in [6, 6.07) is 17.3. The lowest BCUT2D eigenvalue weighted by Gasteiger charge is -2.19. The van der Waals surface area contributed by atoms with Crippen molar-refractivity contribution in [2.75, 3.05) is 13.2 Å². The smallest absolute Gasteiger partial charge is 0.407 e. The van der Waals surface area contributed by atoms with Gasteiger partial charge >= 0.3 is 6.09 Å². The summed E-state index contributed by atoms with van der Waals surface area (Å²) >= 11 is 0. The lowest BCUT2D eigenvalue weighted by atomic mass is 10.2. The normalized spacial score (nSPS) is 10.7. The van der Waals surface area contributed by atoms with Gasteiger partial charge in [-0.25, -0.2) is 4.79 Å². The summed E-state index contributed by atoms with van der Waals surface area (Å²) in [5.41, 5.74) is 0.907. The van der Waals surface area contributed by atoms with Crippen LogP contribution in [0.3, 0.4) is 0 Å². The van der Waals surface area contributed by atoms with E-state index in [0.717, 1.165) is 18.4 Å². The molecule has 1 amide bonds.